The average Bonchev–Trinajstić information content (AvgIpc) is 2.55. The van der Waals surface area contributed by atoms with Gasteiger partial charge in [-0.3, -0.25) is 9.59 Å². The Morgan fingerprint density at radius 2 is 2.09 bits per heavy atom. The fourth-order valence-corrected chi connectivity index (χ4v) is 3.31. The van der Waals surface area contributed by atoms with Crippen LogP contribution in [0.25, 0.3) is 0 Å². The van der Waals surface area contributed by atoms with Crippen LogP contribution in [0.1, 0.15) is 37.2 Å². The monoisotopic (exact) mass is 319 g/mol. The van der Waals surface area contributed by atoms with Crippen molar-refractivity contribution in [1.82, 2.24) is 10.2 Å². The first kappa shape index (κ1) is 15.9. The zero-order valence-corrected chi connectivity index (χ0v) is 13.1. The zero-order valence-electron chi connectivity index (χ0n) is 13.1. The molecule has 0 radical (unpaired) electrons. The van der Waals surface area contributed by atoms with Gasteiger partial charge in [-0.2, -0.15) is 0 Å². The van der Waals surface area contributed by atoms with Crippen molar-refractivity contribution in [3.8, 4) is 0 Å². The van der Waals surface area contributed by atoms with E-state index in [0.717, 1.165) is 19.6 Å². The van der Waals surface area contributed by atoms with E-state index < -0.39 is 11.7 Å². The van der Waals surface area contributed by atoms with Crippen molar-refractivity contribution in [2.75, 3.05) is 31.5 Å². The first-order valence-electron chi connectivity index (χ1n) is 8.23. The van der Waals surface area contributed by atoms with E-state index in [-0.39, 0.29) is 18.2 Å². The first-order chi connectivity index (χ1) is 11.1. The third kappa shape index (κ3) is 3.88. The Morgan fingerprint density at radius 1 is 1.30 bits per heavy atom. The highest BCUT2D eigenvalue weighted by atomic mass is 19.1. The minimum atomic E-state index is -0.615. The fourth-order valence-electron chi connectivity index (χ4n) is 3.31. The zero-order chi connectivity index (χ0) is 16.2. The van der Waals surface area contributed by atoms with Gasteiger partial charge in [0.05, 0.1) is 5.92 Å². The maximum Gasteiger partial charge on any atom is 0.228 e. The Bertz CT molecular complexity index is 600. The minimum Gasteiger partial charge on any atom is -0.354 e. The molecule has 23 heavy (non-hydrogen) atoms. The van der Waals surface area contributed by atoms with Crippen molar-refractivity contribution >= 4 is 17.5 Å². The molecule has 0 unspecified atom stereocenters. The summed E-state index contributed by atoms with van der Waals surface area (Å²) in [6, 6.07) is 4.13. The lowest BCUT2D eigenvalue weighted by atomic mass is 9.89. The number of nitrogens with zero attached hydrogens (tertiary/aromatic N) is 1. The Morgan fingerprint density at radius 3 is 2.87 bits per heavy atom. The third-order valence-electron chi connectivity index (χ3n) is 4.55. The van der Waals surface area contributed by atoms with E-state index in [1.807, 2.05) is 0 Å². The fraction of sp³-hybridized carbons (Fsp3) is 0.529. The average molecular weight is 319 g/mol. The van der Waals surface area contributed by atoms with Crippen LogP contribution in [0.2, 0.25) is 0 Å². The summed E-state index contributed by atoms with van der Waals surface area (Å²) in [6.45, 7) is 3.54. The SMILES string of the molecule is O=C1C[C@H](C(=O)NCCN2CCCCC2)c2cc(F)ccc2N1. The smallest absolute Gasteiger partial charge is 0.228 e. The molecule has 1 aromatic carbocycles. The number of halogens is 1. The maximum absolute atomic E-state index is 13.5. The molecule has 1 fully saturated rings. The second-order valence-electron chi connectivity index (χ2n) is 6.23. The summed E-state index contributed by atoms with van der Waals surface area (Å²) >= 11 is 0. The number of nitrogens with one attached hydrogen (secondary N) is 2. The molecule has 0 aliphatic carbocycles. The molecule has 2 amide bonds. The second kappa shape index (κ2) is 7.08. The normalized spacial score (nSPS) is 21.4. The highest BCUT2D eigenvalue weighted by Gasteiger charge is 2.30. The number of hydrogen-bond donors (Lipinski definition) is 2. The highest BCUT2D eigenvalue weighted by Crippen LogP contribution is 2.32. The predicted molar refractivity (Wildman–Crippen MR) is 85.7 cm³/mol. The predicted octanol–water partition coefficient (Wildman–Crippen LogP) is 1.85. The van der Waals surface area contributed by atoms with Gasteiger partial charge in [0, 0.05) is 25.2 Å². The van der Waals surface area contributed by atoms with Gasteiger partial charge in [0.15, 0.2) is 0 Å². The number of likely N-dealkylation sites (tertiary alicyclic amines) is 1. The minimum absolute atomic E-state index is 0.0615. The quantitative estimate of drug-likeness (QED) is 0.890. The van der Waals surface area contributed by atoms with Crippen LogP contribution < -0.4 is 10.6 Å². The van der Waals surface area contributed by atoms with Crippen molar-refractivity contribution in [2.45, 2.75) is 31.6 Å². The number of rotatable bonds is 4. The van der Waals surface area contributed by atoms with Gasteiger partial charge in [-0.05, 0) is 49.7 Å². The van der Waals surface area contributed by atoms with E-state index >= 15 is 0 Å². The molecule has 1 aromatic rings. The number of carbonyl (C=O) groups excluding carboxylic acids is 2. The molecule has 3 rings (SSSR count). The van der Waals surface area contributed by atoms with Gasteiger partial charge in [-0.15, -0.1) is 0 Å². The largest absolute Gasteiger partial charge is 0.354 e. The maximum atomic E-state index is 13.5. The number of hydrogen-bond acceptors (Lipinski definition) is 3. The summed E-state index contributed by atoms with van der Waals surface area (Å²) in [6.07, 6.45) is 3.77. The molecule has 6 heteroatoms. The second-order valence-corrected chi connectivity index (χ2v) is 6.23. The van der Waals surface area contributed by atoms with Gasteiger partial charge in [0.2, 0.25) is 11.8 Å². The molecule has 0 bridgehead atoms. The molecule has 1 atom stereocenters. The van der Waals surface area contributed by atoms with Crippen LogP contribution in [0.3, 0.4) is 0 Å². The molecular formula is C17H22FN3O2. The number of anilines is 1. The number of amides is 2. The molecule has 124 valence electrons. The van der Waals surface area contributed by atoms with E-state index in [9.17, 15) is 14.0 Å². The lowest BCUT2D eigenvalue weighted by Gasteiger charge is -2.28. The summed E-state index contributed by atoms with van der Waals surface area (Å²) in [7, 11) is 0. The molecule has 0 aromatic heterocycles. The van der Waals surface area contributed by atoms with E-state index in [1.165, 1.54) is 37.5 Å². The third-order valence-corrected chi connectivity index (χ3v) is 4.55. The van der Waals surface area contributed by atoms with Crippen molar-refractivity contribution in [3.63, 3.8) is 0 Å². The Hall–Kier alpha value is -1.95. The van der Waals surface area contributed by atoms with Gasteiger partial charge >= 0.3 is 0 Å². The number of carbonyl (C=O) groups is 2. The molecule has 5 nitrogen and oxygen atoms in total. The summed E-state index contributed by atoms with van der Waals surface area (Å²) in [5.41, 5.74) is 1.08. The van der Waals surface area contributed by atoms with Gasteiger partial charge in [-0.25, -0.2) is 4.39 Å². The van der Waals surface area contributed by atoms with Crippen molar-refractivity contribution < 1.29 is 14.0 Å². The van der Waals surface area contributed by atoms with E-state index in [0.29, 0.717) is 17.8 Å². The van der Waals surface area contributed by atoms with Crippen LogP contribution >= 0.6 is 0 Å². The molecule has 2 aliphatic rings. The van der Waals surface area contributed by atoms with Crippen LogP contribution in [-0.2, 0) is 9.59 Å². The van der Waals surface area contributed by atoms with Crippen LogP contribution in [0, 0.1) is 5.82 Å². The van der Waals surface area contributed by atoms with Crippen molar-refractivity contribution in [3.05, 3.63) is 29.6 Å². The Labute approximate surface area is 135 Å². The summed E-state index contributed by atoms with van der Waals surface area (Å²) in [4.78, 5) is 26.5. The van der Waals surface area contributed by atoms with E-state index in [1.54, 1.807) is 0 Å². The van der Waals surface area contributed by atoms with E-state index in [4.69, 9.17) is 0 Å². The van der Waals surface area contributed by atoms with Crippen LogP contribution in [-0.4, -0.2) is 42.9 Å². The molecule has 2 heterocycles. The first-order valence-corrected chi connectivity index (χ1v) is 8.23. The summed E-state index contributed by atoms with van der Waals surface area (Å²) < 4.78 is 13.5. The molecular weight excluding hydrogens is 297 g/mol. The summed E-state index contributed by atoms with van der Waals surface area (Å²) in [5.74, 6) is -1.43. The Kier molecular flexibility index (Phi) is 4.91. The van der Waals surface area contributed by atoms with Gasteiger partial charge in [0.1, 0.15) is 5.82 Å². The molecule has 0 saturated carbocycles. The van der Waals surface area contributed by atoms with Crippen molar-refractivity contribution in [2.24, 2.45) is 0 Å². The standard InChI is InChI=1S/C17H22FN3O2/c18-12-4-5-15-13(10-12)14(11-16(22)20-15)17(23)19-6-9-21-7-2-1-3-8-21/h4-5,10,14H,1-3,6-9,11H2,(H,19,23)(H,20,22)/t14-/m0/s1. The number of fused-ring (bicyclic) bond motifs is 1. The lowest BCUT2D eigenvalue weighted by molar-refractivity contribution is -0.126. The number of benzene rings is 1. The molecule has 0 spiro atoms. The van der Waals surface area contributed by atoms with Crippen LogP contribution in [0.4, 0.5) is 10.1 Å². The van der Waals surface area contributed by atoms with Crippen LogP contribution in [0.15, 0.2) is 18.2 Å². The molecule has 2 N–H and O–H groups in total. The topological polar surface area (TPSA) is 61.4 Å². The lowest BCUT2D eigenvalue weighted by Crippen LogP contribution is -2.40. The van der Waals surface area contributed by atoms with Crippen molar-refractivity contribution in [1.29, 1.82) is 0 Å². The highest BCUT2D eigenvalue weighted by molar-refractivity contribution is 6.01. The summed E-state index contributed by atoms with van der Waals surface area (Å²) in [5, 5.41) is 5.58. The number of piperidine rings is 1. The Balaban J connectivity index is 1.60. The van der Waals surface area contributed by atoms with Gasteiger partial charge in [0.25, 0.3) is 0 Å². The molecule has 2 aliphatic heterocycles. The van der Waals surface area contributed by atoms with Gasteiger partial charge in [-0.1, -0.05) is 6.42 Å². The van der Waals surface area contributed by atoms with Gasteiger partial charge < -0.3 is 15.5 Å². The van der Waals surface area contributed by atoms with Crippen LogP contribution in [0.5, 0.6) is 0 Å². The molecule has 1 saturated heterocycles. The van der Waals surface area contributed by atoms with E-state index in [2.05, 4.69) is 15.5 Å².